The summed E-state index contributed by atoms with van der Waals surface area (Å²) < 4.78 is 26.8. The highest BCUT2D eigenvalue weighted by molar-refractivity contribution is 7.46. The zero-order chi connectivity index (χ0) is 23.5. The number of carbonyl (C=O) groups excluding carboxylic acids is 1. The Morgan fingerprint density at radius 3 is 2.62 bits per heavy atom. The molecule has 3 rings (SSSR count). The summed E-state index contributed by atoms with van der Waals surface area (Å²) in [4.78, 5) is 43.1. The summed E-state index contributed by atoms with van der Waals surface area (Å²) in [6.45, 7) is 1.11. The molecule has 0 saturated heterocycles. The van der Waals surface area contributed by atoms with E-state index in [2.05, 4.69) is 24.6 Å². The minimum absolute atomic E-state index is 0.00782. The quantitative estimate of drug-likeness (QED) is 0.363. The molecule has 0 aliphatic carbocycles. The van der Waals surface area contributed by atoms with Crippen molar-refractivity contribution in [1.29, 1.82) is 0 Å². The Bertz CT molecular complexity index is 1270. The second-order valence-corrected chi connectivity index (χ2v) is 8.64. The van der Waals surface area contributed by atoms with Gasteiger partial charge in [-0.05, 0) is 30.4 Å². The van der Waals surface area contributed by atoms with Gasteiger partial charge in [-0.2, -0.15) is 4.99 Å². The van der Waals surface area contributed by atoms with Crippen LogP contribution in [0, 0.1) is 6.92 Å². The Morgan fingerprint density at radius 1 is 1.22 bits per heavy atom. The van der Waals surface area contributed by atoms with E-state index < -0.39 is 20.5 Å². The molecule has 0 aliphatic heterocycles. The fraction of sp³-hybridized carbons (Fsp3) is 0.235. The Labute approximate surface area is 190 Å². The molecule has 15 heteroatoms. The summed E-state index contributed by atoms with van der Waals surface area (Å²) in [5.41, 5.74) is 1.74. The molecule has 0 spiro atoms. The molecule has 0 saturated carbocycles. The maximum Gasteiger partial charge on any atom is 0.471 e. The van der Waals surface area contributed by atoms with Gasteiger partial charge in [0.2, 0.25) is 4.80 Å². The number of hydrogen-bond donors (Lipinski definition) is 2. The molecule has 0 aromatic carbocycles. The van der Waals surface area contributed by atoms with Crippen LogP contribution < -0.4 is 14.3 Å². The molecule has 3 heterocycles. The Morgan fingerprint density at radius 2 is 1.97 bits per heavy atom. The fourth-order valence-corrected chi connectivity index (χ4v) is 3.68. The zero-order valence-electron chi connectivity index (χ0n) is 16.9. The van der Waals surface area contributed by atoms with Crippen LogP contribution in [-0.4, -0.2) is 49.7 Å². The molecule has 3 aromatic heterocycles. The second-order valence-electron chi connectivity index (χ2n) is 6.10. The monoisotopic (exact) mass is 501 g/mol. The van der Waals surface area contributed by atoms with Crippen LogP contribution in [0.3, 0.4) is 0 Å². The number of pyridine rings is 2. The lowest BCUT2D eigenvalue weighted by molar-refractivity contribution is 0.0995. The van der Waals surface area contributed by atoms with Gasteiger partial charge in [0.15, 0.2) is 6.73 Å². The Hall–Kier alpha value is -2.67. The number of nitrogens with zero attached hydrogens (tertiary/aromatic N) is 5. The molecular weight excluding hydrogens is 485 g/mol. The number of methoxy groups -OCH3 is 2. The molecule has 170 valence electrons. The highest BCUT2D eigenvalue weighted by atomic mass is 35.5. The third-order valence-electron chi connectivity index (χ3n) is 3.94. The standard InChI is InChI=1S/C17H17ClN5O7PS/c1-9-4-10(11-5-14(18)20-7-13(11)28-2)12(6-19-9)15(24)21-16-23(8-30-31(25,26)27)22-17(29-3)32-16/h4-7H,8H2,1-3H3,(H2,25,26,27). The van der Waals surface area contributed by atoms with Crippen LogP contribution in [0.15, 0.2) is 29.5 Å². The lowest BCUT2D eigenvalue weighted by Crippen LogP contribution is -2.20. The van der Waals surface area contributed by atoms with Crippen molar-refractivity contribution in [2.75, 3.05) is 14.2 Å². The third kappa shape index (κ3) is 5.76. The first kappa shape index (κ1) is 24.0. The summed E-state index contributed by atoms with van der Waals surface area (Å²) in [5, 5.41) is 4.26. The van der Waals surface area contributed by atoms with Crippen molar-refractivity contribution in [1.82, 2.24) is 19.7 Å². The van der Waals surface area contributed by atoms with Gasteiger partial charge in [0.25, 0.3) is 11.1 Å². The van der Waals surface area contributed by atoms with Gasteiger partial charge in [0, 0.05) is 23.0 Å². The lowest BCUT2D eigenvalue weighted by atomic mass is 10.0. The Kier molecular flexibility index (Phi) is 7.39. The third-order valence-corrected chi connectivity index (χ3v) is 5.50. The van der Waals surface area contributed by atoms with E-state index in [-0.39, 0.29) is 20.7 Å². The summed E-state index contributed by atoms with van der Waals surface area (Å²) >= 11 is 6.93. The summed E-state index contributed by atoms with van der Waals surface area (Å²) in [5.74, 6) is -0.308. The maximum atomic E-state index is 13.1. The highest BCUT2D eigenvalue weighted by Crippen LogP contribution is 2.36. The smallest absolute Gasteiger partial charge is 0.471 e. The van der Waals surface area contributed by atoms with Crippen LogP contribution in [0.4, 0.5) is 0 Å². The minimum Gasteiger partial charge on any atom is -0.494 e. The first-order chi connectivity index (χ1) is 15.1. The first-order valence-corrected chi connectivity index (χ1v) is 11.4. The zero-order valence-corrected chi connectivity index (χ0v) is 19.4. The molecular formula is C17H17ClN5O7PS. The molecule has 2 N–H and O–H groups in total. The Balaban J connectivity index is 2.11. The average Bonchev–Trinajstić information content (AvgIpc) is 3.13. The van der Waals surface area contributed by atoms with Crippen molar-refractivity contribution >= 4 is 36.7 Å². The number of aromatic nitrogens is 4. The number of hydrogen-bond acceptors (Lipinski definition) is 9. The number of aryl methyl sites for hydroxylation is 1. The van der Waals surface area contributed by atoms with Gasteiger partial charge >= 0.3 is 7.82 Å². The number of phosphoric acid groups is 1. The van der Waals surface area contributed by atoms with E-state index in [4.69, 9.17) is 30.9 Å². The predicted molar refractivity (Wildman–Crippen MR) is 113 cm³/mol. The van der Waals surface area contributed by atoms with E-state index in [9.17, 15) is 9.36 Å². The fourth-order valence-electron chi connectivity index (χ4n) is 2.56. The van der Waals surface area contributed by atoms with E-state index >= 15 is 0 Å². The van der Waals surface area contributed by atoms with Crippen molar-refractivity contribution in [2.45, 2.75) is 13.7 Å². The number of rotatable bonds is 7. The van der Waals surface area contributed by atoms with Gasteiger partial charge in [-0.15, -0.1) is 5.10 Å². The first-order valence-electron chi connectivity index (χ1n) is 8.69. The van der Waals surface area contributed by atoms with Crippen LogP contribution in [-0.2, 0) is 15.8 Å². The summed E-state index contributed by atoms with van der Waals surface area (Å²) in [6, 6.07) is 3.23. The van der Waals surface area contributed by atoms with E-state index in [0.29, 0.717) is 22.6 Å². The molecule has 32 heavy (non-hydrogen) atoms. The highest BCUT2D eigenvalue weighted by Gasteiger charge is 2.20. The van der Waals surface area contributed by atoms with E-state index in [0.717, 1.165) is 16.0 Å². The van der Waals surface area contributed by atoms with Crippen molar-refractivity contribution in [3.63, 3.8) is 0 Å². The molecule has 3 aromatic rings. The maximum absolute atomic E-state index is 13.1. The number of amides is 1. The van der Waals surface area contributed by atoms with E-state index in [1.807, 2.05) is 0 Å². The summed E-state index contributed by atoms with van der Waals surface area (Å²) in [7, 11) is -1.97. The largest absolute Gasteiger partial charge is 0.494 e. The van der Waals surface area contributed by atoms with Crippen molar-refractivity contribution in [3.8, 4) is 22.1 Å². The van der Waals surface area contributed by atoms with Crippen molar-refractivity contribution < 1.29 is 33.1 Å². The minimum atomic E-state index is -4.78. The molecule has 12 nitrogen and oxygen atoms in total. The van der Waals surface area contributed by atoms with Gasteiger partial charge in [0.05, 0.1) is 26.0 Å². The van der Waals surface area contributed by atoms with Crippen molar-refractivity contribution in [3.05, 3.63) is 45.7 Å². The number of halogens is 1. The topological polar surface area (TPSA) is 158 Å². The molecule has 0 bridgehead atoms. The van der Waals surface area contributed by atoms with Crippen LogP contribution in [0.5, 0.6) is 10.9 Å². The van der Waals surface area contributed by atoms with Gasteiger partial charge in [-0.1, -0.05) is 11.6 Å². The van der Waals surface area contributed by atoms with Gasteiger partial charge < -0.3 is 19.3 Å². The van der Waals surface area contributed by atoms with Crippen LogP contribution in [0.2, 0.25) is 5.15 Å². The predicted octanol–water partition coefficient (Wildman–Crippen LogP) is 2.19. The molecule has 0 unspecified atom stereocenters. The average molecular weight is 502 g/mol. The van der Waals surface area contributed by atoms with E-state index in [1.54, 1.807) is 19.1 Å². The van der Waals surface area contributed by atoms with Gasteiger partial charge in [0.1, 0.15) is 10.9 Å². The lowest BCUT2D eigenvalue weighted by Gasteiger charge is -2.12. The molecule has 0 atom stereocenters. The van der Waals surface area contributed by atoms with Crippen LogP contribution >= 0.6 is 30.8 Å². The van der Waals surface area contributed by atoms with E-state index in [1.165, 1.54) is 26.6 Å². The number of ether oxygens (including phenoxy) is 2. The van der Waals surface area contributed by atoms with Crippen LogP contribution in [0.1, 0.15) is 16.1 Å². The normalized spacial score (nSPS) is 12.1. The molecule has 0 fully saturated rings. The summed E-state index contributed by atoms with van der Waals surface area (Å²) in [6.07, 6.45) is 2.79. The second kappa shape index (κ2) is 9.86. The van der Waals surface area contributed by atoms with Crippen molar-refractivity contribution in [2.24, 2.45) is 4.99 Å². The van der Waals surface area contributed by atoms with Crippen LogP contribution in [0.25, 0.3) is 11.1 Å². The number of carbonyl (C=O) groups is 1. The van der Waals surface area contributed by atoms with Gasteiger partial charge in [-0.25, -0.2) is 14.2 Å². The number of phosphoric ester groups is 1. The van der Waals surface area contributed by atoms with Gasteiger partial charge in [-0.3, -0.25) is 14.3 Å². The SMILES string of the molecule is COc1nn(COP(=O)(O)O)c(=NC(=O)c2cnc(C)cc2-c2cc(Cl)ncc2OC)s1. The molecule has 0 radical (unpaired) electrons. The molecule has 0 aliphatic rings. The molecule has 1 amide bonds.